The molecular formula is C20H17ClFN3O2. The Balaban J connectivity index is 1.50. The van der Waals surface area contributed by atoms with Crippen LogP contribution < -0.4 is 0 Å². The average Bonchev–Trinajstić information content (AvgIpc) is 3.18. The number of hydrogen-bond acceptors (Lipinski definition) is 4. The Morgan fingerprint density at radius 1 is 1.22 bits per heavy atom. The van der Waals surface area contributed by atoms with Gasteiger partial charge in [-0.15, -0.1) is 0 Å². The summed E-state index contributed by atoms with van der Waals surface area (Å²) in [6.07, 6.45) is 1.72. The predicted octanol–water partition coefficient (Wildman–Crippen LogP) is 4.55. The number of carbonyl (C=O) groups is 1. The third-order valence-electron chi connectivity index (χ3n) is 4.67. The van der Waals surface area contributed by atoms with Gasteiger partial charge < -0.3 is 9.42 Å². The van der Waals surface area contributed by atoms with Gasteiger partial charge in [-0.2, -0.15) is 4.98 Å². The van der Waals surface area contributed by atoms with E-state index in [4.69, 9.17) is 16.1 Å². The molecule has 1 aliphatic heterocycles. The highest BCUT2D eigenvalue weighted by Gasteiger charge is 2.29. The molecule has 3 aromatic rings. The molecule has 27 heavy (non-hydrogen) atoms. The molecule has 5 nitrogen and oxygen atoms in total. The molecule has 0 spiro atoms. The lowest BCUT2D eigenvalue weighted by molar-refractivity contribution is 0.0695. The Hall–Kier alpha value is -2.73. The molecule has 1 aliphatic rings. The molecule has 1 aromatic heterocycles. The molecular weight excluding hydrogens is 369 g/mol. The topological polar surface area (TPSA) is 59.2 Å². The Bertz CT molecular complexity index is 958. The summed E-state index contributed by atoms with van der Waals surface area (Å²) >= 11 is 6.00. The summed E-state index contributed by atoms with van der Waals surface area (Å²) < 4.78 is 18.5. The molecule has 1 fully saturated rings. The van der Waals surface area contributed by atoms with Crippen LogP contribution in [0.3, 0.4) is 0 Å². The molecule has 1 atom stereocenters. The van der Waals surface area contributed by atoms with Crippen LogP contribution >= 0.6 is 11.6 Å². The monoisotopic (exact) mass is 385 g/mol. The van der Waals surface area contributed by atoms with Crippen molar-refractivity contribution >= 4 is 17.5 Å². The van der Waals surface area contributed by atoms with Crippen molar-refractivity contribution in [1.29, 1.82) is 0 Å². The van der Waals surface area contributed by atoms with Crippen molar-refractivity contribution in [3.8, 4) is 11.4 Å². The van der Waals surface area contributed by atoms with Gasteiger partial charge in [-0.1, -0.05) is 22.8 Å². The molecule has 2 aromatic carbocycles. The first-order valence-corrected chi connectivity index (χ1v) is 9.12. The molecule has 7 heteroatoms. The number of carbonyl (C=O) groups excluding carboxylic acids is 1. The van der Waals surface area contributed by atoms with Gasteiger partial charge in [-0.3, -0.25) is 4.79 Å². The summed E-state index contributed by atoms with van der Waals surface area (Å²) in [5.74, 6) is 0.523. The van der Waals surface area contributed by atoms with E-state index >= 15 is 0 Å². The molecule has 2 heterocycles. The second-order valence-electron chi connectivity index (χ2n) is 6.56. The number of aromatic nitrogens is 2. The van der Waals surface area contributed by atoms with E-state index in [1.54, 1.807) is 41.3 Å². The molecule has 4 rings (SSSR count). The Morgan fingerprint density at radius 2 is 2.04 bits per heavy atom. The van der Waals surface area contributed by atoms with Crippen LogP contribution in [0, 0.1) is 5.82 Å². The molecule has 0 N–H and O–H groups in total. The van der Waals surface area contributed by atoms with Crippen molar-refractivity contribution in [1.82, 2.24) is 15.0 Å². The highest BCUT2D eigenvalue weighted by atomic mass is 35.5. The van der Waals surface area contributed by atoms with E-state index in [2.05, 4.69) is 10.1 Å². The zero-order valence-electron chi connectivity index (χ0n) is 14.4. The molecule has 0 radical (unpaired) electrons. The zero-order valence-corrected chi connectivity index (χ0v) is 15.2. The predicted molar refractivity (Wildman–Crippen MR) is 99.0 cm³/mol. The van der Waals surface area contributed by atoms with Crippen LogP contribution in [0.1, 0.15) is 35.0 Å². The number of likely N-dealkylation sites (tertiary alicyclic amines) is 1. The molecule has 0 aliphatic carbocycles. The minimum atomic E-state index is -0.315. The maximum Gasteiger partial charge on any atom is 0.253 e. The minimum absolute atomic E-state index is 0.0245. The van der Waals surface area contributed by atoms with Crippen LogP contribution in [0.15, 0.2) is 53.1 Å². The number of nitrogens with zero attached hydrogens (tertiary/aromatic N) is 3. The van der Waals surface area contributed by atoms with Crippen molar-refractivity contribution in [3.63, 3.8) is 0 Å². The van der Waals surface area contributed by atoms with Crippen molar-refractivity contribution < 1.29 is 13.7 Å². The van der Waals surface area contributed by atoms with E-state index in [1.807, 2.05) is 0 Å². The summed E-state index contributed by atoms with van der Waals surface area (Å²) in [5.41, 5.74) is 1.26. The van der Waals surface area contributed by atoms with Crippen LogP contribution in [0.25, 0.3) is 11.4 Å². The lowest BCUT2D eigenvalue weighted by atomic mass is 9.97. The van der Waals surface area contributed by atoms with Crippen molar-refractivity contribution in [2.45, 2.75) is 18.8 Å². The quantitative estimate of drug-likeness (QED) is 0.663. The van der Waals surface area contributed by atoms with Gasteiger partial charge in [0.1, 0.15) is 5.82 Å². The number of piperidine rings is 1. The van der Waals surface area contributed by atoms with Gasteiger partial charge in [0.25, 0.3) is 5.91 Å². The highest BCUT2D eigenvalue weighted by molar-refractivity contribution is 6.30. The van der Waals surface area contributed by atoms with Crippen LogP contribution in [0.4, 0.5) is 4.39 Å². The van der Waals surface area contributed by atoms with E-state index in [-0.39, 0.29) is 17.6 Å². The van der Waals surface area contributed by atoms with E-state index < -0.39 is 0 Å². The van der Waals surface area contributed by atoms with Crippen molar-refractivity contribution in [2.75, 3.05) is 13.1 Å². The molecule has 1 saturated heterocycles. The Kier molecular flexibility index (Phi) is 4.90. The zero-order chi connectivity index (χ0) is 18.8. The van der Waals surface area contributed by atoms with Crippen LogP contribution in [-0.4, -0.2) is 34.0 Å². The first-order valence-electron chi connectivity index (χ1n) is 8.74. The van der Waals surface area contributed by atoms with Gasteiger partial charge in [-0.05, 0) is 55.3 Å². The minimum Gasteiger partial charge on any atom is -0.339 e. The second-order valence-corrected chi connectivity index (χ2v) is 7.00. The van der Waals surface area contributed by atoms with Crippen LogP contribution in [0.2, 0.25) is 5.02 Å². The highest BCUT2D eigenvalue weighted by Crippen LogP contribution is 2.28. The number of rotatable bonds is 3. The molecule has 0 bridgehead atoms. The van der Waals surface area contributed by atoms with E-state index in [0.717, 1.165) is 12.8 Å². The lowest BCUT2D eigenvalue weighted by Gasteiger charge is -2.31. The fourth-order valence-electron chi connectivity index (χ4n) is 3.28. The maximum absolute atomic E-state index is 13.1. The average molecular weight is 386 g/mol. The first kappa shape index (κ1) is 17.7. The van der Waals surface area contributed by atoms with Crippen LogP contribution in [0.5, 0.6) is 0 Å². The fraction of sp³-hybridized carbons (Fsp3) is 0.250. The third-order valence-corrected chi connectivity index (χ3v) is 4.91. The van der Waals surface area contributed by atoms with Gasteiger partial charge >= 0.3 is 0 Å². The Morgan fingerprint density at radius 3 is 2.81 bits per heavy atom. The summed E-state index contributed by atoms with van der Waals surface area (Å²) in [4.78, 5) is 19.0. The van der Waals surface area contributed by atoms with Crippen LogP contribution in [-0.2, 0) is 0 Å². The van der Waals surface area contributed by atoms with Gasteiger partial charge in [0.2, 0.25) is 11.7 Å². The SMILES string of the molecule is O=C(c1cccc(Cl)c1)N1CCC[C@H](c2nc(-c3ccc(F)cc3)no2)C1. The third kappa shape index (κ3) is 3.85. The summed E-state index contributed by atoms with van der Waals surface area (Å²) in [5, 5.41) is 4.54. The second kappa shape index (κ2) is 7.48. The molecule has 0 saturated carbocycles. The lowest BCUT2D eigenvalue weighted by Crippen LogP contribution is -2.39. The maximum atomic E-state index is 13.1. The first-order chi connectivity index (χ1) is 13.1. The largest absolute Gasteiger partial charge is 0.339 e. The van der Waals surface area contributed by atoms with Crippen molar-refractivity contribution in [2.24, 2.45) is 0 Å². The normalized spacial score (nSPS) is 17.1. The molecule has 0 unspecified atom stereocenters. The van der Waals surface area contributed by atoms with Gasteiger partial charge in [0.05, 0.1) is 5.92 Å². The smallest absolute Gasteiger partial charge is 0.253 e. The van der Waals surface area contributed by atoms with Gasteiger partial charge in [0.15, 0.2) is 0 Å². The van der Waals surface area contributed by atoms with E-state index in [9.17, 15) is 9.18 Å². The number of hydrogen-bond donors (Lipinski definition) is 0. The summed E-state index contributed by atoms with van der Waals surface area (Å²) in [6, 6.07) is 12.9. The van der Waals surface area contributed by atoms with Gasteiger partial charge in [0, 0.05) is 29.2 Å². The number of halogens is 2. The van der Waals surface area contributed by atoms with E-state index in [1.165, 1.54) is 12.1 Å². The number of amides is 1. The molecule has 138 valence electrons. The molecule has 1 amide bonds. The fourth-order valence-corrected chi connectivity index (χ4v) is 3.47. The number of benzene rings is 2. The standard InChI is InChI=1S/C20H17ClFN3O2/c21-16-5-1-3-14(11-16)20(26)25-10-2-4-15(12-25)19-23-18(24-27-19)13-6-8-17(22)9-7-13/h1,3,5-9,11,15H,2,4,10,12H2/t15-/m0/s1. The summed E-state index contributed by atoms with van der Waals surface area (Å²) in [6.45, 7) is 1.19. The van der Waals surface area contributed by atoms with E-state index in [0.29, 0.717) is 41.0 Å². The summed E-state index contributed by atoms with van der Waals surface area (Å²) in [7, 11) is 0. The van der Waals surface area contributed by atoms with Crippen molar-refractivity contribution in [3.05, 3.63) is 70.8 Å². The van der Waals surface area contributed by atoms with Gasteiger partial charge in [-0.25, -0.2) is 4.39 Å². The Labute approximate surface area is 160 Å².